The van der Waals surface area contributed by atoms with Crippen molar-refractivity contribution in [2.24, 2.45) is 0 Å². The molecule has 7 heteroatoms. The number of hydrogen-bond donors (Lipinski definition) is 0. The molecule has 5 rings (SSSR count). The van der Waals surface area contributed by atoms with Crippen LogP contribution in [0, 0.1) is 0 Å². The van der Waals surface area contributed by atoms with E-state index >= 15 is 0 Å². The van der Waals surface area contributed by atoms with E-state index in [2.05, 4.69) is 0 Å². The van der Waals surface area contributed by atoms with Gasteiger partial charge in [-0.2, -0.15) is 0 Å². The van der Waals surface area contributed by atoms with Gasteiger partial charge in [0, 0.05) is 29.9 Å². The lowest BCUT2D eigenvalue weighted by molar-refractivity contribution is -0.135. The number of rotatable bonds is 2. The van der Waals surface area contributed by atoms with E-state index < -0.39 is 5.97 Å². The highest BCUT2D eigenvalue weighted by Gasteiger charge is 2.37. The zero-order chi connectivity index (χ0) is 26.6. The Bertz CT molecular complexity index is 1320. The Labute approximate surface area is 222 Å². The van der Waals surface area contributed by atoms with Crippen LogP contribution in [-0.2, 0) is 14.3 Å². The second-order valence-electron chi connectivity index (χ2n) is 10.0. The van der Waals surface area contributed by atoms with E-state index in [0.29, 0.717) is 66.9 Å². The molecule has 2 aromatic carbocycles. The lowest BCUT2D eigenvalue weighted by atomic mass is 9.82. The minimum Gasteiger partial charge on any atom is -0.495 e. The van der Waals surface area contributed by atoms with Crippen molar-refractivity contribution in [3.05, 3.63) is 64.2 Å². The first-order chi connectivity index (χ1) is 18.4. The number of fused-ring (bicyclic) bond motifs is 3. The maximum absolute atomic E-state index is 13.6. The Morgan fingerprint density at radius 3 is 2.66 bits per heavy atom. The summed E-state index contributed by atoms with van der Waals surface area (Å²) < 4.78 is 23.4. The Morgan fingerprint density at radius 2 is 1.82 bits per heavy atom. The molecule has 0 bridgehead atoms. The van der Waals surface area contributed by atoms with E-state index in [9.17, 15) is 14.4 Å². The number of hydrogen-bond acceptors (Lipinski definition) is 7. The number of ether oxygens (including phenoxy) is 4. The van der Waals surface area contributed by atoms with Gasteiger partial charge in [-0.25, -0.2) is 4.79 Å². The number of carbonyl (C=O) groups is 3. The Hall–Kier alpha value is -3.87. The first kappa shape index (κ1) is 25.8. The quantitative estimate of drug-likeness (QED) is 0.355. The summed E-state index contributed by atoms with van der Waals surface area (Å²) in [5.41, 5.74) is 3.34. The second kappa shape index (κ2) is 11.3. The molecule has 0 fully saturated rings. The molecule has 0 amide bonds. The van der Waals surface area contributed by atoms with Crippen LogP contribution in [0.15, 0.2) is 42.0 Å². The molecule has 2 aromatic rings. The largest absolute Gasteiger partial charge is 0.495 e. The molecular formula is C31H32O7. The average Bonchev–Trinajstić information content (AvgIpc) is 2.90. The SMILES string of the molecule is COc1c2c(cc3c1[C@H](C1=Cc4ccccc4OC1)CC(=O)O3)/C=C/CCCC(=O)CCC[C@H](C)OC2=O. The van der Waals surface area contributed by atoms with Gasteiger partial charge >= 0.3 is 11.9 Å². The molecule has 3 aliphatic heterocycles. The monoisotopic (exact) mass is 516 g/mol. The Kier molecular flexibility index (Phi) is 7.63. The molecular weight excluding hydrogens is 484 g/mol. The Morgan fingerprint density at radius 1 is 1.00 bits per heavy atom. The standard InChI is InChI=1S/C31H32O7/c1-19-9-8-13-23(32)12-5-3-4-11-21-16-26-29(30(35-2)28(21)31(34)37-19)24(17-27(33)38-26)22-15-20-10-6-7-14-25(20)36-18-22/h4,6-7,10-11,14-16,19,24H,3,5,8-9,12-13,17-18H2,1-2H3/b11-4+/t19-,24-/m0/s1. The van der Waals surface area contributed by atoms with Gasteiger partial charge in [-0.05, 0) is 62.0 Å². The number of methoxy groups -OCH3 is 1. The van der Waals surface area contributed by atoms with E-state index in [4.69, 9.17) is 18.9 Å². The third kappa shape index (κ3) is 5.37. The van der Waals surface area contributed by atoms with Crippen LogP contribution in [0.25, 0.3) is 12.2 Å². The molecule has 0 N–H and O–H groups in total. The van der Waals surface area contributed by atoms with Crippen molar-refractivity contribution in [2.75, 3.05) is 13.7 Å². The Balaban J connectivity index is 1.62. The first-order valence-electron chi connectivity index (χ1n) is 13.2. The van der Waals surface area contributed by atoms with Crippen molar-refractivity contribution >= 4 is 29.9 Å². The van der Waals surface area contributed by atoms with Gasteiger partial charge < -0.3 is 18.9 Å². The number of allylic oxidation sites excluding steroid dienone is 1. The summed E-state index contributed by atoms with van der Waals surface area (Å²) in [5, 5.41) is 0. The lowest BCUT2D eigenvalue weighted by Gasteiger charge is -2.31. The molecule has 0 unspecified atom stereocenters. The highest BCUT2D eigenvalue weighted by Crippen LogP contribution is 2.49. The summed E-state index contributed by atoms with van der Waals surface area (Å²) in [7, 11) is 1.52. The summed E-state index contributed by atoms with van der Waals surface area (Å²) in [5.74, 6) is 0.483. The second-order valence-corrected chi connectivity index (χ2v) is 10.0. The van der Waals surface area contributed by atoms with Crippen LogP contribution in [0.3, 0.4) is 0 Å². The fraction of sp³-hybridized carbons (Fsp3) is 0.387. The molecule has 0 radical (unpaired) electrons. The number of carbonyl (C=O) groups excluding carboxylic acids is 3. The lowest BCUT2D eigenvalue weighted by Crippen LogP contribution is -2.26. The van der Waals surface area contributed by atoms with E-state index in [1.54, 1.807) is 6.07 Å². The molecule has 0 spiro atoms. The predicted molar refractivity (Wildman–Crippen MR) is 143 cm³/mol. The zero-order valence-electron chi connectivity index (χ0n) is 21.8. The van der Waals surface area contributed by atoms with Gasteiger partial charge in [-0.15, -0.1) is 0 Å². The molecule has 0 aromatic heterocycles. The molecule has 2 atom stereocenters. The zero-order valence-corrected chi connectivity index (χ0v) is 21.8. The molecule has 3 aliphatic rings. The van der Waals surface area contributed by atoms with Crippen LogP contribution < -0.4 is 14.2 Å². The van der Waals surface area contributed by atoms with Crippen LogP contribution in [0.5, 0.6) is 17.2 Å². The van der Waals surface area contributed by atoms with Gasteiger partial charge in [0.2, 0.25) is 0 Å². The summed E-state index contributed by atoms with van der Waals surface area (Å²) in [6.07, 6.45) is 9.23. The van der Waals surface area contributed by atoms with Crippen molar-refractivity contribution in [1.29, 1.82) is 0 Å². The van der Waals surface area contributed by atoms with Crippen LogP contribution in [0.1, 0.15) is 84.8 Å². The number of Topliss-reactive ketones (excluding diaryl/α,β-unsaturated/α-hetero) is 1. The van der Waals surface area contributed by atoms with Gasteiger partial charge in [-0.1, -0.05) is 30.4 Å². The minimum atomic E-state index is -0.505. The number of esters is 2. The van der Waals surface area contributed by atoms with Gasteiger partial charge in [0.25, 0.3) is 0 Å². The minimum absolute atomic E-state index is 0.106. The van der Waals surface area contributed by atoms with Crippen molar-refractivity contribution in [2.45, 2.75) is 63.9 Å². The summed E-state index contributed by atoms with van der Waals surface area (Å²) >= 11 is 0. The summed E-state index contributed by atoms with van der Waals surface area (Å²) in [4.78, 5) is 38.4. The fourth-order valence-corrected chi connectivity index (χ4v) is 5.36. The molecule has 7 nitrogen and oxygen atoms in total. The molecule has 0 aliphatic carbocycles. The predicted octanol–water partition coefficient (Wildman–Crippen LogP) is 6.05. The van der Waals surface area contributed by atoms with Gasteiger partial charge in [-0.3, -0.25) is 9.59 Å². The van der Waals surface area contributed by atoms with E-state index in [0.717, 1.165) is 23.3 Å². The molecule has 3 heterocycles. The number of benzene rings is 2. The van der Waals surface area contributed by atoms with E-state index in [1.165, 1.54) is 7.11 Å². The molecule has 0 saturated heterocycles. The third-order valence-corrected chi connectivity index (χ3v) is 7.26. The van der Waals surface area contributed by atoms with Crippen molar-refractivity contribution in [1.82, 2.24) is 0 Å². The van der Waals surface area contributed by atoms with Crippen LogP contribution in [0.4, 0.5) is 0 Å². The number of ketones is 1. The average molecular weight is 517 g/mol. The maximum Gasteiger partial charge on any atom is 0.342 e. The van der Waals surface area contributed by atoms with Crippen molar-refractivity contribution in [3.8, 4) is 17.2 Å². The number of para-hydroxylation sites is 1. The molecule has 198 valence electrons. The smallest absolute Gasteiger partial charge is 0.342 e. The van der Waals surface area contributed by atoms with Crippen molar-refractivity contribution < 1.29 is 33.3 Å². The van der Waals surface area contributed by atoms with Gasteiger partial charge in [0.1, 0.15) is 35.2 Å². The highest BCUT2D eigenvalue weighted by molar-refractivity contribution is 5.99. The molecule has 38 heavy (non-hydrogen) atoms. The van der Waals surface area contributed by atoms with E-state index in [-0.39, 0.29) is 30.2 Å². The van der Waals surface area contributed by atoms with Crippen molar-refractivity contribution in [3.63, 3.8) is 0 Å². The van der Waals surface area contributed by atoms with E-state index in [1.807, 2.05) is 49.4 Å². The highest BCUT2D eigenvalue weighted by atomic mass is 16.5. The summed E-state index contributed by atoms with van der Waals surface area (Å²) in [6, 6.07) is 9.45. The van der Waals surface area contributed by atoms with Gasteiger partial charge in [0.15, 0.2) is 0 Å². The number of cyclic esters (lactones) is 1. The third-order valence-electron chi connectivity index (χ3n) is 7.26. The summed E-state index contributed by atoms with van der Waals surface area (Å²) in [6.45, 7) is 2.15. The normalized spacial score (nSPS) is 22.8. The van der Waals surface area contributed by atoms with Crippen LogP contribution >= 0.6 is 0 Å². The van der Waals surface area contributed by atoms with Gasteiger partial charge in [0.05, 0.1) is 19.6 Å². The molecule has 0 saturated carbocycles. The maximum atomic E-state index is 13.6. The first-order valence-corrected chi connectivity index (χ1v) is 13.2. The van der Waals surface area contributed by atoms with Crippen LogP contribution in [0.2, 0.25) is 0 Å². The fourth-order valence-electron chi connectivity index (χ4n) is 5.36. The van der Waals surface area contributed by atoms with Crippen LogP contribution in [-0.4, -0.2) is 37.5 Å². The topological polar surface area (TPSA) is 88.1 Å².